The molecule has 200 valence electrons. The first kappa shape index (κ1) is 29.1. The number of aromatic nitrogens is 1. The summed E-state index contributed by atoms with van der Waals surface area (Å²) in [5.74, 6) is 0.443. The zero-order chi connectivity index (χ0) is 27.2. The van der Waals surface area contributed by atoms with E-state index >= 15 is 0 Å². The van der Waals surface area contributed by atoms with Crippen LogP contribution in [0, 0.1) is 0 Å². The van der Waals surface area contributed by atoms with E-state index in [0.717, 1.165) is 10.0 Å². The summed E-state index contributed by atoms with van der Waals surface area (Å²) in [5.41, 5.74) is 0.939. The number of amides is 2. The van der Waals surface area contributed by atoms with Crippen LogP contribution in [0.25, 0.3) is 0 Å². The van der Waals surface area contributed by atoms with Crippen LogP contribution in [0.2, 0.25) is 18.1 Å². The number of carbonyl (C=O) groups excluding carboxylic acids is 2. The Hall–Kier alpha value is -2.49. The Balaban J connectivity index is 1.75. The van der Waals surface area contributed by atoms with Gasteiger partial charge in [-0.2, -0.15) is 0 Å². The lowest BCUT2D eigenvalue weighted by atomic mass is 10.2. The first-order valence-corrected chi connectivity index (χ1v) is 16.3. The maximum Gasteiger partial charge on any atom is 0.410 e. The molecule has 37 heavy (non-hydrogen) atoms. The van der Waals surface area contributed by atoms with Gasteiger partial charge in [0.15, 0.2) is 8.32 Å². The molecule has 2 unspecified atom stereocenters. The van der Waals surface area contributed by atoms with Crippen LogP contribution >= 0.6 is 15.9 Å². The second-order valence-electron chi connectivity index (χ2n) is 10.9. The summed E-state index contributed by atoms with van der Waals surface area (Å²) in [6.45, 7) is 13.6. The summed E-state index contributed by atoms with van der Waals surface area (Å²) < 4.78 is 13.1. The molecular weight excluding hydrogens is 550 g/mol. The molecule has 3 rings (SSSR count). The molecule has 1 fully saturated rings. The third-order valence-electron chi connectivity index (χ3n) is 7.03. The molecule has 1 saturated heterocycles. The average molecular weight is 589 g/mol. The maximum atomic E-state index is 13.2. The van der Waals surface area contributed by atoms with E-state index in [-0.39, 0.29) is 35.8 Å². The van der Waals surface area contributed by atoms with Crippen LogP contribution in [-0.2, 0) is 20.6 Å². The van der Waals surface area contributed by atoms with Crippen LogP contribution in [0.3, 0.4) is 0 Å². The Morgan fingerprint density at radius 3 is 2.51 bits per heavy atom. The lowest BCUT2D eigenvalue weighted by Gasteiger charge is -2.38. The van der Waals surface area contributed by atoms with Crippen molar-refractivity contribution in [3.05, 3.63) is 70.8 Å². The maximum absolute atomic E-state index is 13.2. The van der Waals surface area contributed by atoms with E-state index in [0.29, 0.717) is 25.3 Å². The minimum Gasteiger partial charge on any atom is -0.445 e. The van der Waals surface area contributed by atoms with Gasteiger partial charge < -0.3 is 9.16 Å². The second-order valence-corrected chi connectivity index (χ2v) is 16.5. The first-order chi connectivity index (χ1) is 17.4. The van der Waals surface area contributed by atoms with E-state index in [1.54, 1.807) is 16.0 Å². The second kappa shape index (κ2) is 12.4. The topological polar surface area (TPSA) is 72.0 Å². The Morgan fingerprint density at radius 2 is 1.89 bits per heavy atom. The minimum absolute atomic E-state index is 0.0671. The van der Waals surface area contributed by atoms with Crippen molar-refractivity contribution in [3.8, 4) is 0 Å². The number of hydrogen-bond acceptors (Lipinski definition) is 5. The van der Waals surface area contributed by atoms with Gasteiger partial charge in [-0.25, -0.2) is 9.78 Å². The van der Waals surface area contributed by atoms with Gasteiger partial charge in [-0.15, -0.1) is 0 Å². The highest BCUT2D eigenvalue weighted by Gasteiger charge is 2.43. The highest BCUT2D eigenvalue weighted by atomic mass is 79.9. The summed E-state index contributed by atoms with van der Waals surface area (Å²) in [6.07, 6.45) is 5.79. The number of carbonyl (C=O) groups is 2. The van der Waals surface area contributed by atoms with Gasteiger partial charge in [-0.05, 0) is 58.2 Å². The number of rotatable bonds is 8. The number of anilines is 1. The van der Waals surface area contributed by atoms with Gasteiger partial charge in [-0.1, -0.05) is 63.3 Å². The molecule has 1 aromatic heterocycles. The minimum atomic E-state index is -2.02. The Bertz CT molecular complexity index is 1100. The molecule has 2 amide bonds. The molecule has 1 aromatic carbocycles. The molecule has 0 radical (unpaired) electrons. The van der Waals surface area contributed by atoms with Gasteiger partial charge in [0.05, 0.1) is 16.6 Å². The predicted molar refractivity (Wildman–Crippen MR) is 153 cm³/mol. The largest absolute Gasteiger partial charge is 0.445 e. The van der Waals surface area contributed by atoms with E-state index in [9.17, 15) is 9.59 Å². The molecule has 0 bridgehead atoms. The summed E-state index contributed by atoms with van der Waals surface area (Å²) >= 11 is 3.48. The van der Waals surface area contributed by atoms with Crippen molar-refractivity contribution in [2.75, 3.05) is 18.0 Å². The smallest absolute Gasteiger partial charge is 0.410 e. The van der Waals surface area contributed by atoms with Crippen molar-refractivity contribution >= 4 is 42.1 Å². The summed E-state index contributed by atoms with van der Waals surface area (Å²) in [5, 5.41) is 0.0671. The highest BCUT2D eigenvalue weighted by molar-refractivity contribution is 9.10. The van der Waals surface area contributed by atoms with Crippen LogP contribution in [0.5, 0.6) is 0 Å². The zero-order valence-electron chi connectivity index (χ0n) is 22.6. The molecule has 2 heterocycles. The molecule has 0 aliphatic carbocycles. The fraction of sp³-hybridized carbons (Fsp3) is 0.464. The van der Waals surface area contributed by atoms with Crippen LogP contribution in [-0.4, -0.2) is 55.4 Å². The van der Waals surface area contributed by atoms with Crippen molar-refractivity contribution < 1.29 is 18.8 Å². The van der Waals surface area contributed by atoms with Gasteiger partial charge in [0.25, 0.3) is 0 Å². The monoisotopic (exact) mass is 587 g/mol. The fourth-order valence-corrected chi connectivity index (χ4v) is 5.79. The van der Waals surface area contributed by atoms with Crippen LogP contribution in [0.4, 0.5) is 10.6 Å². The number of benzene rings is 1. The number of hydrogen-bond donors (Lipinski definition) is 0. The number of pyridine rings is 1. The Kier molecular flexibility index (Phi) is 9.72. The number of ether oxygens (including phenoxy) is 1. The lowest BCUT2D eigenvalue weighted by molar-refractivity contribution is -0.116. The number of halogens is 1. The predicted octanol–water partition coefficient (Wildman–Crippen LogP) is 6.55. The first-order valence-electron chi connectivity index (χ1n) is 12.6. The van der Waals surface area contributed by atoms with Gasteiger partial charge >= 0.3 is 6.09 Å². The van der Waals surface area contributed by atoms with E-state index < -0.39 is 8.32 Å². The van der Waals surface area contributed by atoms with Crippen molar-refractivity contribution in [3.63, 3.8) is 0 Å². The van der Waals surface area contributed by atoms with Crippen molar-refractivity contribution in [2.45, 2.75) is 71.0 Å². The van der Waals surface area contributed by atoms with E-state index in [4.69, 9.17) is 9.16 Å². The molecular formula is C28H38BrN3O4Si. The standard InChI is InChI=1S/C28H38BrN3O4Si/c1-21(33)31(26-25(29)15-10-16-30-26)17-11-14-23-18-24(36-37(5,6)28(2,3)4)19-32(23)27(34)35-20-22-12-8-7-9-13-22/h7-16,23-24H,17-20H2,1-6H3. The quantitative estimate of drug-likeness (QED) is 0.258. The lowest BCUT2D eigenvalue weighted by Crippen LogP contribution is -2.44. The van der Waals surface area contributed by atoms with E-state index in [2.05, 4.69) is 54.8 Å². The van der Waals surface area contributed by atoms with Gasteiger partial charge in [0.2, 0.25) is 5.91 Å². The Labute approximate surface area is 230 Å². The van der Waals surface area contributed by atoms with E-state index in [1.165, 1.54) is 6.92 Å². The van der Waals surface area contributed by atoms with Crippen molar-refractivity contribution in [1.29, 1.82) is 0 Å². The van der Waals surface area contributed by atoms with Crippen LogP contribution in [0.15, 0.2) is 65.3 Å². The van der Waals surface area contributed by atoms with Gasteiger partial charge in [0.1, 0.15) is 12.4 Å². The molecule has 0 saturated carbocycles. The van der Waals surface area contributed by atoms with Gasteiger partial charge in [0, 0.05) is 26.2 Å². The van der Waals surface area contributed by atoms with Crippen LogP contribution in [0.1, 0.15) is 39.7 Å². The summed E-state index contributed by atoms with van der Waals surface area (Å²) in [7, 11) is -2.02. The normalized spacial score (nSPS) is 18.3. The zero-order valence-corrected chi connectivity index (χ0v) is 25.2. The molecule has 2 aromatic rings. The van der Waals surface area contributed by atoms with Gasteiger partial charge in [-0.3, -0.25) is 14.6 Å². The highest BCUT2D eigenvalue weighted by Crippen LogP contribution is 2.39. The number of nitrogens with zero attached hydrogens (tertiary/aromatic N) is 3. The number of likely N-dealkylation sites (tertiary alicyclic amines) is 1. The third kappa shape index (κ3) is 7.75. The molecule has 7 nitrogen and oxygen atoms in total. The molecule has 9 heteroatoms. The summed E-state index contributed by atoms with van der Waals surface area (Å²) in [4.78, 5) is 33.2. The molecule has 0 spiro atoms. The molecule has 2 atom stereocenters. The molecule has 0 N–H and O–H groups in total. The van der Waals surface area contributed by atoms with E-state index in [1.807, 2.05) is 54.6 Å². The third-order valence-corrected chi connectivity index (χ3v) is 12.2. The summed E-state index contributed by atoms with van der Waals surface area (Å²) in [6, 6.07) is 13.1. The average Bonchev–Trinajstić information content (AvgIpc) is 3.22. The molecule has 1 aliphatic heterocycles. The SMILES string of the molecule is CC(=O)N(CC=CC1CC(O[Si](C)(C)C(C)(C)C)CN1C(=O)OCc1ccccc1)c1ncccc1Br. The Morgan fingerprint density at radius 1 is 1.19 bits per heavy atom. The van der Waals surface area contributed by atoms with Crippen LogP contribution < -0.4 is 4.90 Å². The fourth-order valence-electron chi connectivity index (χ4n) is 3.96. The van der Waals surface area contributed by atoms with Crippen molar-refractivity contribution in [1.82, 2.24) is 9.88 Å². The van der Waals surface area contributed by atoms with Crippen molar-refractivity contribution in [2.24, 2.45) is 0 Å². The molecule has 1 aliphatic rings.